The number of hydrogen-bond donors (Lipinski definition) is 2. The number of fused-ring (bicyclic) bond motifs is 2. The minimum atomic E-state index is 0.0361. The number of anilines is 2. The number of aromatic nitrogens is 6. The molecule has 26 heavy (non-hydrogen) atoms. The topological polar surface area (TPSA) is 88.2 Å². The fraction of sp³-hybridized carbons (Fsp3) is 0.176. The van der Waals surface area contributed by atoms with Crippen molar-refractivity contribution in [2.24, 2.45) is 7.05 Å². The van der Waals surface area contributed by atoms with Gasteiger partial charge in [-0.05, 0) is 18.6 Å². The van der Waals surface area contributed by atoms with E-state index in [0.29, 0.717) is 5.82 Å². The van der Waals surface area contributed by atoms with E-state index in [4.69, 9.17) is 4.98 Å². The van der Waals surface area contributed by atoms with E-state index >= 15 is 0 Å². The third kappa shape index (κ3) is 2.29. The molecule has 0 amide bonds. The molecule has 0 saturated heterocycles. The highest BCUT2D eigenvalue weighted by molar-refractivity contribution is 5.69. The van der Waals surface area contributed by atoms with Crippen LogP contribution in [0, 0.1) is 0 Å². The van der Waals surface area contributed by atoms with E-state index in [9.17, 15) is 0 Å². The minimum Gasteiger partial charge on any atom is -0.307 e. The summed E-state index contributed by atoms with van der Waals surface area (Å²) in [7, 11) is 1.88. The van der Waals surface area contributed by atoms with Crippen LogP contribution in [0.3, 0.4) is 0 Å². The SMILES string of the molecule is CC(c1ccc2nccn2c1)N1NNc2ncc(-c3cnn(C)c3)nc21. The monoisotopic (exact) mass is 347 g/mol. The molecule has 130 valence electrons. The Morgan fingerprint density at radius 1 is 1.12 bits per heavy atom. The van der Waals surface area contributed by atoms with Crippen LogP contribution in [-0.2, 0) is 7.05 Å². The molecule has 1 atom stereocenters. The van der Waals surface area contributed by atoms with Crippen LogP contribution in [0.1, 0.15) is 18.5 Å². The van der Waals surface area contributed by atoms with Gasteiger partial charge < -0.3 is 4.40 Å². The van der Waals surface area contributed by atoms with Gasteiger partial charge in [0.2, 0.25) is 0 Å². The van der Waals surface area contributed by atoms with Crippen molar-refractivity contribution in [2.45, 2.75) is 13.0 Å². The number of hydrazine groups is 2. The number of hydrogen-bond acceptors (Lipinski definition) is 7. The van der Waals surface area contributed by atoms with Crippen LogP contribution in [-0.4, -0.2) is 29.1 Å². The Bertz CT molecular complexity index is 1100. The first-order chi connectivity index (χ1) is 12.7. The van der Waals surface area contributed by atoms with E-state index in [-0.39, 0.29) is 6.04 Å². The molecular formula is C17H17N9. The van der Waals surface area contributed by atoms with Gasteiger partial charge in [0.15, 0.2) is 11.6 Å². The van der Waals surface area contributed by atoms with Gasteiger partial charge in [-0.1, -0.05) is 6.07 Å². The minimum absolute atomic E-state index is 0.0361. The molecule has 0 aromatic carbocycles. The summed E-state index contributed by atoms with van der Waals surface area (Å²) in [5.74, 6) is 1.46. The van der Waals surface area contributed by atoms with Crippen LogP contribution in [0.2, 0.25) is 0 Å². The van der Waals surface area contributed by atoms with Crippen LogP contribution in [0.25, 0.3) is 16.9 Å². The Labute approximate surface area is 149 Å². The first-order valence-corrected chi connectivity index (χ1v) is 8.28. The first kappa shape index (κ1) is 14.8. The number of aryl methyl sites for hydroxylation is 1. The number of nitrogens with zero attached hydrogens (tertiary/aromatic N) is 7. The summed E-state index contributed by atoms with van der Waals surface area (Å²) in [6, 6.07) is 4.12. The Morgan fingerprint density at radius 2 is 2.04 bits per heavy atom. The summed E-state index contributed by atoms with van der Waals surface area (Å²) in [6.45, 7) is 2.11. The van der Waals surface area contributed by atoms with Gasteiger partial charge in [0.25, 0.3) is 0 Å². The predicted molar refractivity (Wildman–Crippen MR) is 97.1 cm³/mol. The van der Waals surface area contributed by atoms with Gasteiger partial charge in [0.1, 0.15) is 5.65 Å². The van der Waals surface area contributed by atoms with E-state index in [0.717, 1.165) is 28.3 Å². The Hall–Kier alpha value is -3.46. The first-order valence-electron chi connectivity index (χ1n) is 8.28. The second-order valence-corrected chi connectivity index (χ2v) is 6.27. The molecule has 0 fully saturated rings. The second-order valence-electron chi connectivity index (χ2n) is 6.27. The number of nitrogens with one attached hydrogen (secondary N) is 2. The zero-order valence-electron chi connectivity index (χ0n) is 14.3. The Morgan fingerprint density at radius 3 is 2.88 bits per heavy atom. The van der Waals surface area contributed by atoms with Crippen molar-refractivity contribution in [3.63, 3.8) is 0 Å². The molecule has 1 aliphatic heterocycles. The van der Waals surface area contributed by atoms with Crippen molar-refractivity contribution >= 4 is 17.3 Å². The van der Waals surface area contributed by atoms with Gasteiger partial charge in [-0.2, -0.15) is 5.10 Å². The van der Waals surface area contributed by atoms with Crippen LogP contribution in [0.4, 0.5) is 11.6 Å². The molecule has 9 heteroatoms. The van der Waals surface area contributed by atoms with Crippen molar-refractivity contribution in [1.29, 1.82) is 0 Å². The van der Waals surface area contributed by atoms with Crippen molar-refractivity contribution in [3.8, 4) is 11.3 Å². The largest absolute Gasteiger partial charge is 0.307 e. The van der Waals surface area contributed by atoms with Crippen molar-refractivity contribution in [2.75, 3.05) is 10.4 Å². The van der Waals surface area contributed by atoms with Crippen LogP contribution < -0.4 is 16.0 Å². The van der Waals surface area contributed by atoms with E-state index in [1.54, 1.807) is 23.3 Å². The molecule has 1 aliphatic rings. The molecule has 0 radical (unpaired) electrons. The van der Waals surface area contributed by atoms with Crippen LogP contribution >= 0.6 is 0 Å². The molecule has 0 spiro atoms. The average molecular weight is 347 g/mol. The van der Waals surface area contributed by atoms with E-state index < -0.39 is 0 Å². The summed E-state index contributed by atoms with van der Waals surface area (Å²) >= 11 is 0. The number of rotatable bonds is 3. The molecule has 0 saturated carbocycles. The van der Waals surface area contributed by atoms with E-state index in [2.05, 4.69) is 45.2 Å². The zero-order chi connectivity index (χ0) is 17.7. The Kier molecular flexibility index (Phi) is 3.16. The Balaban J connectivity index is 1.51. The molecular weight excluding hydrogens is 330 g/mol. The highest BCUT2D eigenvalue weighted by Crippen LogP contribution is 2.33. The van der Waals surface area contributed by atoms with Gasteiger partial charge in [-0.3, -0.25) is 15.1 Å². The van der Waals surface area contributed by atoms with Gasteiger partial charge in [0, 0.05) is 37.4 Å². The molecule has 4 aromatic heterocycles. The third-order valence-corrected chi connectivity index (χ3v) is 4.56. The van der Waals surface area contributed by atoms with Gasteiger partial charge in [-0.25, -0.2) is 15.0 Å². The molecule has 5 heterocycles. The summed E-state index contributed by atoms with van der Waals surface area (Å²) in [6.07, 6.45) is 11.3. The second kappa shape index (κ2) is 5.53. The molecule has 1 unspecified atom stereocenters. The number of imidazole rings is 1. The maximum Gasteiger partial charge on any atom is 0.190 e. The van der Waals surface area contributed by atoms with Crippen molar-refractivity contribution in [1.82, 2.24) is 34.7 Å². The normalized spacial score (nSPS) is 14.5. The summed E-state index contributed by atoms with van der Waals surface area (Å²) in [4.78, 5) is 13.6. The fourth-order valence-electron chi connectivity index (χ4n) is 3.11. The predicted octanol–water partition coefficient (Wildman–Crippen LogP) is 1.94. The van der Waals surface area contributed by atoms with Crippen molar-refractivity contribution < 1.29 is 0 Å². The number of pyridine rings is 1. The highest BCUT2D eigenvalue weighted by Gasteiger charge is 2.28. The van der Waals surface area contributed by atoms with Crippen LogP contribution in [0.15, 0.2) is 49.3 Å². The lowest BCUT2D eigenvalue weighted by Crippen LogP contribution is -2.38. The lowest BCUT2D eigenvalue weighted by atomic mass is 10.1. The van der Waals surface area contributed by atoms with Gasteiger partial charge in [0.05, 0.1) is 24.1 Å². The molecule has 5 rings (SSSR count). The maximum absolute atomic E-state index is 4.78. The molecule has 0 aliphatic carbocycles. The highest BCUT2D eigenvalue weighted by atomic mass is 15.7. The van der Waals surface area contributed by atoms with E-state index in [1.807, 2.05) is 34.9 Å². The molecule has 0 bridgehead atoms. The van der Waals surface area contributed by atoms with Gasteiger partial charge in [-0.15, -0.1) is 5.53 Å². The quantitative estimate of drug-likeness (QED) is 0.585. The molecule has 2 N–H and O–H groups in total. The van der Waals surface area contributed by atoms with Crippen molar-refractivity contribution in [3.05, 3.63) is 54.9 Å². The molecule has 9 nitrogen and oxygen atoms in total. The third-order valence-electron chi connectivity index (χ3n) is 4.56. The average Bonchev–Trinajstić information content (AvgIpc) is 3.38. The summed E-state index contributed by atoms with van der Waals surface area (Å²) < 4.78 is 3.76. The van der Waals surface area contributed by atoms with Gasteiger partial charge >= 0.3 is 0 Å². The molecule has 4 aromatic rings. The summed E-state index contributed by atoms with van der Waals surface area (Å²) in [5, 5.41) is 6.18. The van der Waals surface area contributed by atoms with Crippen LogP contribution in [0.5, 0.6) is 0 Å². The smallest absolute Gasteiger partial charge is 0.190 e. The zero-order valence-corrected chi connectivity index (χ0v) is 14.3. The fourth-order valence-corrected chi connectivity index (χ4v) is 3.11. The lowest BCUT2D eigenvalue weighted by molar-refractivity contribution is 0.612. The lowest BCUT2D eigenvalue weighted by Gasteiger charge is -2.25. The standard InChI is InChI=1S/C17H17N9/c1-11(12-3-4-15-18-5-6-25(15)10-12)26-17-16(22-23-26)19-8-14(21-17)13-7-20-24(2)9-13/h3-11,23H,1-2H3,(H,19,22). The van der Waals surface area contributed by atoms with E-state index in [1.165, 1.54) is 0 Å². The maximum atomic E-state index is 4.78. The summed E-state index contributed by atoms with van der Waals surface area (Å²) in [5.41, 5.74) is 10.0.